The lowest BCUT2D eigenvalue weighted by Crippen LogP contribution is -2.05. The maximum Gasteiger partial charge on any atom is -0.0412 e. The number of rotatable bonds is 5. The van der Waals surface area contributed by atoms with Gasteiger partial charge in [-0.25, -0.2) is 0 Å². The fourth-order valence-corrected chi connectivity index (χ4v) is 2.51. The Morgan fingerprint density at radius 2 is 2.00 bits per heavy atom. The van der Waals surface area contributed by atoms with E-state index in [1.165, 1.54) is 44.9 Å². The molecular formula is C12H23. The van der Waals surface area contributed by atoms with Gasteiger partial charge in [0, 0.05) is 0 Å². The molecule has 0 saturated heterocycles. The molecule has 0 spiro atoms. The molecule has 12 heavy (non-hydrogen) atoms. The summed E-state index contributed by atoms with van der Waals surface area (Å²) in [6.45, 7) is 6.34. The SMILES string of the molecule is [CH2]CC(CCC)CC1CCCC1. The second-order valence-electron chi connectivity index (χ2n) is 4.33. The van der Waals surface area contributed by atoms with Gasteiger partial charge in [-0.05, 0) is 18.3 Å². The van der Waals surface area contributed by atoms with Crippen LogP contribution in [0.1, 0.15) is 58.3 Å². The van der Waals surface area contributed by atoms with Gasteiger partial charge in [-0.2, -0.15) is 0 Å². The normalized spacial score (nSPS) is 21.5. The van der Waals surface area contributed by atoms with Crippen LogP contribution in [0, 0.1) is 18.8 Å². The molecule has 0 heterocycles. The Bertz CT molecular complexity index is 101. The molecule has 0 aromatic heterocycles. The number of hydrogen-bond acceptors (Lipinski definition) is 0. The standard InChI is InChI=1S/C12H23/c1-3-7-11(4-2)10-12-8-5-6-9-12/h11-12H,2-10H2,1H3. The Morgan fingerprint density at radius 3 is 2.50 bits per heavy atom. The van der Waals surface area contributed by atoms with E-state index in [4.69, 9.17) is 0 Å². The predicted octanol–water partition coefficient (Wildman–Crippen LogP) is 4.21. The van der Waals surface area contributed by atoms with Crippen molar-refractivity contribution in [2.75, 3.05) is 0 Å². The summed E-state index contributed by atoms with van der Waals surface area (Å²) in [4.78, 5) is 0. The van der Waals surface area contributed by atoms with Crippen molar-refractivity contribution < 1.29 is 0 Å². The highest BCUT2D eigenvalue weighted by molar-refractivity contribution is 4.72. The molecule has 1 saturated carbocycles. The van der Waals surface area contributed by atoms with E-state index in [0.29, 0.717) is 0 Å². The van der Waals surface area contributed by atoms with Crippen LogP contribution in [0.5, 0.6) is 0 Å². The van der Waals surface area contributed by atoms with E-state index in [9.17, 15) is 0 Å². The molecule has 1 unspecified atom stereocenters. The molecule has 0 heteroatoms. The van der Waals surface area contributed by atoms with Gasteiger partial charge in [0.1, 0.15) is 0 Å². The molecular weight excluding hydrogens is 144 g/mol. The van der Waals surface area contributed by atoms with Crippen LogP contribution in [0.4, 0.5) is 0 Å². The number of hydrogen-bond donors (Lipinski definition) is 0. The molecule has 0 aromatic carbocycles. The molecule has 1 rings (SSSR count). The Labute approximate surface area is 77.7 Å². The third kappa shape index (κ3) is 3.16. The van der Waals surface area contributed by atoms with Crippen molar-refractivity contribution in [2.24, 2.45) is 11.8 Å². The molecule has 0 N–H and O–H groups in total. The van der Waals surface area contributed by atoms with Crippen molar-refractivity contribution in [3.63, 3.8) is 0 Å². The Balaban J connectivity index is 2.16. The van der Waals surface area contributed by atoms with Gasteiger partial charge in [0.25, 0.3) is 0 Å². The molecule has 1 radical (unpaired) electrons. The van der Waals surface area contributed by atoms with Crippen molar-refractivity contribution in [3.05, 3.63) is 6.92 Å². The van der Waals surface area contributed by atoms with Gasteiger partial charge in [0.15, 0.2) is 0 Å². The van der Waals surface area contributed by atoms with Crippen LogP contribution in [0.2, 0.25) is 0 Å². The van der Waals surface area contributed by atoms with E-state index in [1.807, 2.05) is 0 Å². The van der Waals surface area contributed by atoms with Crippen LogP contribution in [0.15, 0.2) is 0 Å². The molecule has 0 aliphatic heterocycles. The van der Waals surface area contributed by atoms with E-state index in [1.54, 1.807) is 0 Å². The fraction of sp³-hybridized carbons (Fsp3) is 0.917. The summed E-state index contributed by atoms with van der Waals surface area (Å²) in [7, 11) is 0. The second-order valence-corrected chi connectivity index (χ2v) is 4.33. The highest BCUT2D eigenvalue weighted by Gasteiger charge is 2.18. The first kappa shape index (κ1) is 10.1. The molecule has 71 valence electrons. The average molecular weight is 167 g/mol. The van der Waals surface area contributed by atoms with Gasteiger partial charge in [-0.15, -0.1) is 0 Å². The van der Waals surface area contributed by atoms with Crippen LogP contribution in [0.3, 0.4) is 0 Å². The highest BCUT2D eigenvalue weighted by atomic mass is 14.2. The Morgan fingerprint density at radius 1 is 1.33 bits per heavy atom. The lowest BCUT2D eigenvalue weighted by Gasteiger charge is -2.17. The summed E-state index contributed by atoms with van der Waals surface area (Å²) in [5.41, 5.74) is 0. The van der Waals surface area contributed by atoms with Crippen molar-refractivity contribution in [3.8, 4) is 0 Å². The highest BCUT2D eigenvalue weighted by Crippen LogP contribution is 2.32. The zero-order chi connectivity index (χ0) is 8.81. The quantitative estimate of drug-likeness (QED) is 0.575. The molecule has 1 atom stereocenters. The lowest BCUT2D eigenvalue weighted by atomic mass is 9.88. The first-order chi connectivity index (χ1) is 5.86. The summed E-state index contributed by atoms with van der Waals surface area (Å²) in [5.74, 6) is 1.99. The van der Waals surface area contributed by atoms with E-state index >= 15 is 0 Å². The van der Waals surface area contributed by atoms with E-state index < -0.39 is 0 Å². The zero-order valence-electron chi connectivity index (χ0n) is 8.52. The summed E-state index contributed by atoms with van der Waals surface area (Å²) in [6.07, 6.45) is 11.3. The van der Waals surface area contributed by atoms with Crippen LogP contribution in [-0.2, 0) is 0 Å². The van der Waals surface area contributed by atoms with Crippen LogP contribution < -0.4 is 0 Å². The van der Waals surface area contributed by atoms with Crippen molar-refractivity contribution in [2.45, 2.75) is 58.3 Å². The van der Waals surface area contributed by atoms with E-state index in [-0.39, 0.29) is 0 Å². The minimum Gasteiger partial charge on any atom is -0.0654 e. The molecule has 0 bridgehead atoms. The van der Waals surface area contributed by atoms with Gasteiger partial charge in [-0.3, -0.25) is 0 Å². The Hall–Kier alpha value is 0. The maximum atomic E-state index is 4.05. The summed E-state index contributed by atoms with van der Waals surface area (Å²) in [6, 6.07) is 0. The summed E-state index contributed by atoms with van der Waals surface area (Å²) >= 11 is 0. The smallest absolute Gasteiger partial charge is 0.0412 e. The van der Waals surface area contributed by atoms with Crippen molar-refractivity contribution >= 4 is 0 Å². The van der Waals surface area contributed by atoms with Gasteiger partial charge in [-0.1, -0.05) is 58.8 Å². The topological polar surface area (TPSA) is 0 Å². The summed E-state index contributed by atoms with van der Waals surface area (Å²) in [5, 5.41) is 0. The van der Waals surface area contributed by atoms with Crippen LogP contribution in [-0.4, -0.2) is 0 Å². The Kier molecular flexibility index (Phi) is 4.72. The predicted molar refractivity (Wildman–Crippen MR) is 54.9 cm³/mol. The first-order valence-corrected chi connectivity index (χ1v) is 5.66. The fourth-order valence-electron chi connectivity index (χ4n) is 2.51. The zero-order valence-corrected chi connectivity index (χ0v) is 8.52. The third-order valence-electron chi connectivity index (χ3n) is 3.25. The van der Waals surface area contributed by atoms with Gasteiger partial charge < -0.3 is 0 Å². The van der Waals surface area contributed by atoms with E-state index in [0.717, 1.165) is 18.3 Å². The molecule has 0 amide bonds. The van der Waals surface area contributed by atoms with Crippen LogP contribution in [0.25, 0.3) is 0 Å². The van der Waals surface area contributed by atoms with Gasteiger partial charge in [0.05, 0.1) is 0 Å². The second kappa shape index (κ2) is 5.61. The van der Waals surface area contributed by atoms with E-state index in [2.05, 4.69) is 13.8 Å². The van der Waals surface area contributed by atoms with Crippen molar-refractivity contribution in [1.29, 1.82) is 0 Å². The average Bonchev–Trinajstić information content (AvgIpc) is 2.56. The summed E-state index contributed by atoms with van der Waals surface area (Å²) < 4.78 is 0. The lowest BCUT2D eigenvalue weighted by molar-refractivity contribution is 0.355. The van der Waals surface area contributed by atoms with Gasteiger partial charge >= 0.3 is 0 Å². The van der Waals surface area contributed by atoms with Crippen LogP contribution >= 0.6 is 0 Å². The molecule has 1 aliphatic rings. The molecule has 0 nitrogen and oxygen atoms in total. The first-order valence-electron chi connectivity index (χ1n) is 5.66. The minimum atomic E-state index is 0.929. The monoisotopic (exact) mass is 167 g/mol. The molecule has 1 fully saturated rings. The molecule has 0 aromatic rings. The van der Waals surface area contributed by atoms with Gasteiger partial charge in [0.2, 0.25) is 0 Å². The largest absolute Gasteiger partial charge is 0.0654 e. The molecule has 1 aliphatic carbocycles. The van der Waals surface area contributed by atoms with Crippen molar-refractivity contribution in [1.82, 2.24) is 0 Å². The maximum absolute atomic E-state index is 4.05. The third-order valence-corrected chi connectivity index (χ3v) is 3.25. The minimum absolute atomic E-state index is 0.929.